The number of aliphatic hydroxyl groups excluding tert-OH is 3. The van der Waals surface area contributed by atoms with Crippen LogP contribution in [0.4, 0.5) is 0 Å². The van der Waals surface area contributed by atoms with Crippen molar-refractivity contribution in [3.05, 3.63) is 11.8 Å². The monoisotopic (exact) mass is 539 g/mol. The van der Waals surface area contributed by atoms with E-state index in [1.807, 2.05) is 0 Å². The van der Waals surface area contributed by atoms with Crippen molar-refractivity contribution in [1.29, 1.82) is 0 Å². The first kappa shape index (κ1) is 28.3. The number of carbonyl (C=O) groups excluding carboxylic acids is 1. The molecule has 0 aromatic rings. The number of carboxylic acids is 1. The van der Waals surface area contributed by atoms with Gasteiger partial charge in [0.2, 0.25) is 18.0 Å². The molecule has 0 aliphatic carbocycles. The lowest BCUT2D eigenvalue weighted by Gasteiger charge is -2.44. The van der Waals surface area contributed by atoms with Crippen LogP contribution in [0.2, 0.25) is 0 Å². The third kappa shape index (κ3) is 7.78. The molecule has 1 unspecified atom stereocenters. The van der Waals surface area contributed by atoms with Crippen LogP contribution in [-0.4, -0.2) is 114 Å². The minimum atomic E-state index is -5.28. The molecule has 1 saturated heterocycles. The Morgan fingerprint density at radius 3 is 2.21 bits per heavy atom. The van der Waals surface area contributed by atoms with E-state index in [0.717, 1.165) is 6.92 Å². The molecule has 34 heavy (non-hydrogen) atoms. The molecular formula is C14H21NO17S2. The van der Waals surface area contributed by atoms with Crippen molar-refractivity contribution in [2.24, 2.45) is 0 Å². The Bertz CT molecular complexity index is 1010. The molecule has 0 aromatic heterocycles. The number of hydrogen-bond donors (Lipinski definition) is 7. The van der Waals surface area contributed by atoms with Gasteiger partial charge < -0.3 is 40.0 Å². The van der Waals surface area contributed by atoms with Gasteiger partial charge in [-0.3, -0.25) is 13.9 Å². The van der Waals surface area contributed by atoms with Crippen molar-refractivity contribution >= 4 is 32.7 Å². The van der Waals surface area contributed by atoms with E-state index in [-0.39, 0.29) is 0 Å². The normalized spacial score (nSPS) is 34.6. The molecule has 0 bridgehead atoms. The molecule has 0 aromatic carbocycles. The summed E-state index contributed by atoms with van der Waals surface area (Å²) in [6.07, 6.45) is -13.6. The summed E-state index contributed by atoms with van der Waals surface area (Å²) < 4.78 is 85.6. The zero-order chi connectivity index (χ0) is 26.0. The number of amides is 1. The standard InChI is InChI=1S/C14H21NO17S2/c1-4(16)15-8-9(18)11(7(29-13(8)21)3-28-33(22,23)24)31-14-10(32-34(25,26)27)5(17)2-6(30-14)12(19)20/h2,5,7-11,13-14,17-18,21H,3H2,1H3,(H,15,16)(H,19,20)(H,22,23,24)(H,25,26,27)/t5-,7+,8+,9+,10+,11+,13-,14?/m0/s1. The number of hydrogen-bond acceptors (Lipinski definition) is 14. The van der Waals surface area contributed by atoms with Crippen LogP contribution in [0.15, 0.2) is 11.8 Å². The Morgan fingerprint density at radius 2 is 1.71 bits per heavy atom. The minimum Gasteiger partial charge on any atom is -0.475 e. The predicted octanol–water partition coefficient (Wildman–Crippen LogP) is -4.35. The van der Waals surface area contributed by atoms with Crippen molar-refractivity contribution in [2.75, 3.05) is 6.61 Å². The largest absolute Gasteiger partial charge is 0.475 e. The number of carbonyl (C=O) groups is 2. The summed E-state index contributed by atoms with van der Waals surface area (Å²) >= 11 is 0. The second-order valence-corrected chi connectivity index (χ2v) is 9.04. The molecule has 1 fully saturated rings. The molecular weight excluding hydrogens is 518 g/mol. The zero-order valence-electron chi connectivity index (χ0n) is 16.9. The fourth-order valence-corrected chi connectivity index (χ4v) is 3.84. The average Bonchev–Trinajstić information content (AvgIpc) is 2.66. The lowest BCUT2D eigenvalue weighted by molar-refractivity contribution is -0.303. The van der Waals surface area contributed by atoms with E-state index in [0.29, 0.717) is 6.08 Å². The highest BCUT2D eigenvalue weighted by atomic mass is 32.3. The number of aliphatic hydroxyl groups is 3. The van der Waals surface area contributed by atoms with Crippen molar-refractivity contribution in [2.45, 2.75) is 56.1 Å². The Labute approximate surface area is 191 Å². The van der Waals surface area contributed by atoms with Crippen LogP contribution in [0.1, 0.15) is 6.92 Å². The van der Waals surface area contributed by atoms with Crippen LogP contribution in [0.5, 0.6) is 0 Å². The molecule has 1 amide bonds. The summed E-state index contributed by atoms with van der Waals surface area (Å²) in [6.45, 7) is -0.117. The molecule has 8 atom stereocenters. The van der Waals surface area contributed by atoms with Gasteiger partial charge in [-0.05, 0) is 6.08 Å². The lowest BCUT2D eigenvalue weighted by atomic mass is 9.96. The third-order valence-electron chi connectivity index (χ3n) is 4.35. The van der Waals surface area contributed by atoms with Crippen LogP contribution < -0.4 is 5.32 Å². The van der Waals surface area contributed by atoms with Crippen molar-refractivity contribution < 1.29 is 78.5 Å². The van der Waals surface area contributed by atoms with Crippen LogP contribution in [-0.2, 0) is 53.0 Å². The second-order valence-electron chi connectivity index (χ2n) is 6.90. The van der Waals surface area contributed by atoms with Gasteiger partial charge in [-0.15, -0.1) is 0 Å². The molecule has 2 aliphatic rings. The van der Waals surface area contributed by atoms with Crippen LogP contribution >= 0.6 is 0 Å². The van der Waals surface area contributed by atoms with Crippen molar-refractivity contribution in [3.8, 4) is 0 Å². The number of nitrogens with one attached hydrogen (secondary N) is 1. The highest BCUT2D eigenvalue weighted by Gasteiger charge is 2.50. The van der Waals surface area contributed by atoms with Gasteiger partial charge in [0.25, 0.3) is 0 Å². The highest BCUT2D eigenvalue weighted by Crippen LogP contribution is 2.30. The first-order chi connectivity index (χ1) is 15.5. The van der Waals surface area contributed by atoms with Gasteiger partial charge in [0, 0.05) is 6.92 Å². The fourth-order valence-electron chi connectivity index (χ4n) is 3.05. The van der Waals surface area contributed by atoms with Crippen LogP contribution in [0.25, 0.3) is 0 Å². The van der Waals surface area contributed by atoms with E-state index in [1.165, 1.54) is 0 Å². The van der Waals surface area contributed by atoms with Gasteiger partial charge in [0.05, 0.1) is 6.61 Å². The summed E-state index contributed by atoms with van der Waals surface area (Å²) in [7, 11) is -10.4. The fraction of sp³-hybridized carbons (Fsp3) is 0.714. The van der Waals surface area contributed by atoms with Gasteiger partial charge in [0.1, 0.15) is 30.5 Å². The maximum Gasteiger partial charge on any atom is 0.397 e. The van der Waals surface area contributed by atoms with E-state index in [2.05, 4.69) is 13.7 Å². The summed E-state index contributed by atoms with van der Waals surface area (Å²) in [4.78, 5) is 22.6. The van der Waals surface area contributed by atoms with Crippen LogP contribution in [0, 0.1) is 0 Å². The molecule has 0 saturated carbocycles. The Morgan fingerprint density at radius 1 is 1.09 bits per heavy atom. The first-order valence-corrected chi connectivity index (χ1v) is 11.7. The quantitative estimate of drug-likeness (QED) is 0.136. The molecule has 2 rings (SSSR count). The molecule has 7 N–H and O–H groups in total. The topological polar surface area (TPSA) is 282 Å². The third-order valence-corrected chi connectivity index (χ3v) is 5.25. The van der Waals surface area contributed by atoms with Gasteiger partial charge in [-0.2, -0.15) is 16.8 Å². The van der Waals surface area contributed by atoms with E-state index in [9.17, 15) is 41.7 Å². The number of rotatable bonds is 9. The van der Waals surface area contributed by atoms with E-state index < -0.39 is 94.2 Å². The average molecular weight is 539 g/mol. The van der Waals surface area contributed by atoms with Gasteiger partial charge >= 0.3 is 26.8 Å². The SMILES string of the molecule is CC(=O)N[C@@H]1[C@@H](O)[C@H](OC2OC(C(=O)O)=C[C@H](O)[C@H]2OS(=O)(=O)O)[C@@H](COS(=O)(=O)O)O[C@@H]1O. The zero-order valence-corrected chi connectivity index (χ0v) is 18.5. The lowest BCUT2D eigenvalue weighted by Crippen LogP contribution is -2.66. The van der Waals surface area contributed by atoms with E-state index in [4.69, 9.17) is 28.4 Å². The van der Waals surface area contributed by atoms with Crippen molar-refractivity contribution in [3.63, 3.8) is 0 Å². The number of aliphatic carboxylic acids is 1. The first-order valence-electron chi connectivity index (χ1n) is 9.00. The van der Waals surface area contributed by atoms with E-state index in [1.54, 1.807) is 0 Å². The smallest absolute Gasteiger partial charge is 0.397 e. The summed E-state index contributed by atoms with van der Waals surface area (Å²) in [5.41, 5.74) is 0. The Hall–Kier alpha value is -1.98. The molecule has 196 valence electrons. The van der Waals surface area contributed by atoms with E-state index >= 15 is 0 Å². The Kier molecular flexibility index (Phi) is 8.93. The number of carboxylic acid groups (broad SMARTS) is 1. The number of ether oxygens (including phenoxy) is 3. The second kappa shape index (κ2) is 10.7. The molecule has 0 radical (unpaired) electrons. The summed E-state index contributed by atoms with van der Waals surface area (Å²) in [6, 6.07) is -1.63. The Balaban J connectivity index is 2.41. The predicted molar refractivity (Wildman–Crippen MR) is 99.9 cm³/mol. The summed E-state index contributed by atoms with van der Waals surface area (Å²) in [5.74, 6) is -3.50. The van der Waals surface area contributed by atoms with Crippen LogP contribution in [0.3, 0.4) is 0 Å². The van der Waals surface area contributed by atoms with Gasteiger partial charge in [-0.1, -0.05) is 0 Å². The maximum absolute atomic E-state index is 11.4. The van der Waals surface area contributed by atoms with Gasteiger partial charge in [0.15, 0.2) is 12.4 Å². The molecule has 18 nitrogen and oxygen atoms in total. The molecule has 0 spiro atoms. The molecule has 2 heterocycles. The highest BCUT2D eigenvalue weighted by molar-refractivity contribution is 7.81. The molecule has 2 aliphatic heterocycles. The minimum absolute atomic E-state index is 0.509. The summed E-state index contributed by atoms with van der Waals surface area (Å²) in [5, 5.41) is 42.0. The van der Waals surface area contributed by atoms with Gasteiger partial charge in [-0.25, -0.2) is 13.2 Å². The van der Waals surface area contributed by atoms with Crippen molar-refractivity contribution in [1.82, 2.24) is 5.32 Å². The maximum atomic E-state index is 11.4. The molecule has 20 heteroatoms.